The van der Waals surface area contributed by atoms with Gasteiger partial charge in [-0.25, -0.2) is 0 Å². The smallest absolute Gasteiger partial charge is 0.312 e. The summed E-state index contributed by atoms with van der Waals surface area (Å²) in [5.41, 5.74) is 5.34. The minimum absolute atomic E-state index is 0.0588. The second-order valence-electron chi connectivity index (χ2n) is 5.09. The molecule has 1 aliphatic heterocycles. The minimum atomic E-state index is -0.419. The molecule has 1 aromatic heterocycles. The van der Waals surface area contributed by atoms with Crippen molar-refractivity contribution in [1.82, 2.24) is 9.80 Å². The maximum Gasteiger partial charge on any atom is 0.312 e. The van der Waals surface area contributed by atoms with Crippen LogP contribution in [0.4, 0.5) is 0 Å². The fourth-order valence-electron chi connectivity index (χ4n) is 2.19. The summed E-state index contributed by atoms with van der Waals surface area (Å²) >= 11 is 1.53. The number of hydrogen-bond donors (Lipinski definition) is 1. The highest BCUT2D eigenvalue weighted by atomic mass is 32.1. The molecule has 0 bridgehead atoms. The van der Waals surface area contributed by atoms with Crippen LogP contribution in [-0.4, -0.2) is 47.3 Å². The predicted octanol–water partition coefficient (Wildman–Crippen LogP) is 0.638. The van der Waals surface area contributed by atoms with Gasteiger partial charge in [-0.1, -0.05) is 11.8 Å². The highest BCUT2D eigenvalue weighted by Gasteiger charge is 2.33. The first kappa shape index (κ1) is 15.5. The number of nitrogens with zero attached hydrogens (tertiary/aromatic N) is 2. The number of carbonyl (C=O) groups excluding carboxylic acids is 2. The van der Waals surface area contributed by atoms with Crippen molar-refractivity contribution < 1.29 is 9.59 Å². The van der Waals surface area contributed by atoms with Crippen molar-refractivity contribution in [3.63, 3.8) is 0 Å². The molecule has 0 unspecified atom stereocenters. The normalized spacial score (nSPS) is 15.4. The highest BCUT2D eigenvalue weighted by molar-refractivity contribution is 7.12. The van der Waals surface area contributed by atoms with Crippen LogP contribution in [0.1, 0.15) is 23.6 Å². The Morgan fingerprint density at radius 1 is 1.29 bits per heavy atom. The zero-order chi connectivity index (χ0) is 15.4. The SMILES string of the molecule is CC(C)N1CCN(Cc2ccc(C#CCN)s2)C(=O)C1=O. The average molecular weight is 305 g/mol. The van der Waals surface area contributed by atoms with Crippen LogP contribution in [-0.2, 0) is 16.1 Å². The zero-order valence-corrected chi connectivity index (χ0v) is 13.1. The quantitative estimate of drug-likeness (QED) is 0.658. The largest absolute Gasteiger partial charge is 0.330 e. The molecular weight excluding hydrogens is 286 g/mol. The van der Waals surface area contributed by atoms with Crippen LogP contribution >= 0.6 is 11.3 Å². The van der Waals surface area contributed by atoms with Crippen LogP contribution in [0, 0.1) is 11.8 Å². The Kier molecular flexibility index (Phi) is 4.99. The van der Waals surface area contributed by atoms with Crippen LogP contribution in [0.3, 0.4) is 0 Å². The van der Waals surface area contributed by atoms with Crippen molar-refractivity contribution in [2.75, 3.05) is 19.6 Å². The van der Waals surface area contributed by atoms with Gasteiger partial charge in [0.2, 0.25) is 0 Å². The summed E-state index contributed by atoms with van der Waals surface area (Å²) < 4.78 is 0. The Bertz CT molecular complexity index is 598. The number of thiophene rings is 1. The van der Waals surface area contributed by atoms with Crippen molar-refractivity contribution in [2.45, 2.75) is 26.4 Å². The third-order valence-corrected chi connectivity index (χ3v) is 4.27. The van der Waals surface area contributed by atoms with Gasteiger partial charge in [0.25, 0.3) is 0 Å². The number of carbonyl (C=O) groups is 2. The topological polar surface area (TPSA) is 66.6 Å². The van der Waals surface area contributed by atoms with Crippen molar-refractivity contribution in [3.8, 4) is 11.8 Å². The number of piperazine rings is 1. The molecule has 1 fully saturated rings. The first-order valence-electron chi connectivity index (χ1n) is 6.90. The second kappa shape index (κ2) is 6.74. The summed E-state index contributed by atoms with van der Waals surface area (Å²) in [7, 11) is 0. The summed E-state index contributed by atoms with van der Waals surface area (Å²) in [6.07, 6.45) is 0. The Morgan fingerprint density at radius 3 is 2.71 bits per heavy atom. The Balaban J connectivity index is 2.02. The highest BCUT2D eigenvalue weighted by Crippen LogP contribution is 2.19. The van der Waals surface area contributed by atoms with E-state index in [1.54, 1.807) is 9.80 Å². The summed E-state index contributed by atoms with van der Waals surface area (Å²) in [6, 6.07) is 3.92. The molecule has 0 aromatic carbocycles. The summed E-state index contributed by atoms with van der Waals surface area (Å²) in [5.74, 6) is 4.95. The first-order chi connectivity index (χ1) is 10.0. The fourth-order valence-corrected chi connectivity index (χ4v) is 3.09. The van der Waals surface area contributed by atoms with Crippen LogP contribution in [0.25, 0.3) is 0 Å². The monoisotopic (exact) mass is 305 g/mol. The van der Waals surface area contributed by atoms with Crippen LogP contribution in [0.2, 0.25) is 0 Å². The number of amides is 2. The van der Waals surface area contributed by atoms with E-state index in [0.29, 0.717) is 26.2 Å². The van der Waals surface area contributed by atoms with Crippen molar-refractivity contribution >= 4 is 23.2 Å². The Morgan fingerprint density at radius 2 is 2.05 bits per heavy atom. The van der Waals surface area contributed by atoms with Gasteiger partial charge in [-0.05, 0) is 26.0 Å². The lowest BCUT2D eigenvalue weighted by atomic mass is 10.2. The lowest BCUT2D eigenvalue weighted by Crippen LogP contribution is -2.55. The van der Waals surface area contributed by atoms with Crippen LogP contribution in [0.5, 0.6) is 0 Å². The summed E-state index contributed by atoms with van der Waals surface area (Å²) in [4.78, 5) is 29.3. The Labute approximate surface area is 128 Å². The molecule has 0 aliphatic carbocycles. The molecule has 2 heterocycles. The van der Waals surface area contributed by atoms with E-state index in [-0.39, 0.29) is 6.04 Å². The van der Waals surface area contributed by atoms with Gasteiger partial charge >= 0.3 is 11.8 Å². The van der Waals surface area contributed by atoms with Gasteiger partial charge in [0.15, 0.2) is 0 Å². The molecule has 1 aromatic rings. The maximum absolute atomic E-state index is 12.1. The molecule has 112 valence electrons. The van der Waals surface area contributed by atoms with E-state index in [1.807, 2.05) is 26.0 Å². The molecule has 1 saturated heterocycles. The maximum atomic E-state index is 12.1. The molecule has 0 radical (unpaired) electrons. The molecule has 0 saturated carbocycles. The predicted molar refractivity (Wildman–Crippen MR) is 82.5 cm³/mol. The van der Waals surface area contributed by atoms with E-state index in [4.69, 9.17) is 5.73 Å². The van der Waals surface area contributed by atoms with Gasteiger partial charge in [-0.2, -0.15) is 0 Å². The van der Waals surface area contributed by atoms with Gasteiger partial charge in [-0.3, -0.25) is 9.59 Å². The lowest BCUT2D eigenvalue weighted by Gasteiger charge is -2.35. The number of nitrogens with two attached hydrogens (primary N) is 1. The van der Waals surface area contributed by atoms with E-state index in [0.717, 1.165) is 9.75 Å². The molecule has 5 nitrogen and oxygen atoms in total. The van der Waals surface area contributed by atoms with Crippen LogP contribution in [0.15, 0.2) is 12.1 Å². The van der Waals surface area contributed by atoms with Crippen LogP contribution < -0.4 is 5.73 Å². The number of hydrogen-bond acceptors (Lipinski definition) is 4. The molecule has 0 atom stereocenters. The molecule has 21 heavy (non-hydrogen) atoms. The van der Waals surface area contributed by atoms with Gasteiger partial charge in [0.1, 0.15) is 0 Å². The third-order valence-electron chi connectivity index (χ3n) is 3.29. The molecule has 1 aliphatic rings. The lowest BCUT2D eigenvalue weighted by molar-refractivity contribution is -0.157. The van der Waals surface area contributed by atoms with E-state index in [2.05, 4.69) is 11.8 Å². The molecule has 6 heteroatoms. The average Bonchev–Trinajstić information content (AvgIpc) is 2.89. The minimum Gasteiger partial charge on any atom is -0.330 e. The van der Waals surface area contributed by atoms with Gasteiger partial charge in [0.05, 0.1) is 18.0 Å². The second-order valence-corrected chi connectivity index (χ2v) is 6.26. The Hall–Kier alpha value is -1.84. The molecule has 2 rings (SSSR count). The standard InChI is InChI=1S/C15H19N3O2S/c1-11(2)18-9-8-17(14(19)15(18)20)10-13-6-5-12(21-13)4-3-7-16/h5-6,11H,7-10,16H2,1-2H3. The molecule has 2 amide bonds. The third kappa shape index (κ3) is 3.63. The van der Waals surface area contributed by atoms with Crippen molar-refractivity contribution in [1.29, 1.82) is 0 Å². The van der Waals surface area contributed by atoms with E-state index >= 15 is 0 Å². The fraction of sp³-hybridized carbons (Fsp3) is 0.467. The number of rotatable bonds is 3. The summed E-state index contributed by atoms with van der Waals surface area (Å²) in [6.45, 7) is 5.80. The summed E-state index contributed by atoms with van der Waals surface area (Å²) in [5, 5.41) is 0. The molecule has 0 spiro atoms. The van der Waals surface area contributed by atoms with Gasteiger partial charge < -0.3 is 15.5 Å². The van der Waals surface area contributed by atoms with Gasteiger partial charge in [-0.15, -0.1) is 11.3 Å². The van der Waals surface area contributed by atoms with E-state index in [9.17, 15) is 9.59 Å². The van der Waals surface area contributed by atoms with E-state index in [1.165, 1.54) is 11.3 Å². The van der Waals surface area contributed by atoms with E-state index < -0.39 is 11.8 Å². The molecular formula is C15H19N3O2S. The first-order valence-corrected chi connectivity index (χ1v) is 7.72. The molecule has 2 N–H and O–H groups in total. The van der Waals surface area contributed by atoms with Gasteiger partial charge in [0, 0.05) is 24.0 Å². The van der Waals surface area contributed by atoms with Crippen molar-refractivity contribution in [3.05, 3.63) is 21.9 Å². The zero-order valence-electron chi connectivity index (χ0n) is 12.3. The van der Waals surface area contributed by atoms with Crippen molar-refractivity contribution in [2.24, 2.45) is 5.73 Å².